The minimum Gasteiger partial charge on any atom is -0.435 e. The van der Waals surface area contributed by atoms with E-state index < -0.39 is 6.61 Å². The lowest BCUT2D eigenvalue weighted by molar-refractivity contribution is -0.0498. The molecule has 0 bridgehead atoms. The molecule has 174 valence electrons. The minimum absolute atomic E-state index is 0.118. The van der Waals surface area contributed by atoms with Crippen LogP contribution in [0.2, 0.25) is 10.0 Å². The number of alkyl halides is 2. The largest absolute Gasteiger partial charge is 0.435 e. The maximum absolute atomic E-state index is 12.6. The van der Waals surface area contributed by atoms with Crippen molar-refractivity contribution in [1.29, 1.82) is 0 Å². The summed E-state index contributed by atoms with van der Waals surface area (Å²) < 4.78 is 29.7. The molecule has 0 atom stereocenters. The summed E-state index contributed by atoms with van der Waals surface area (Å²) in [5.41, 5.74) is 4.60. The van der Waals surface area contributed by atoms with Crippen molar-refractivity contribution in [3.63, 3.8) is 0 Å². The first-order valence-electron chi connectivity index (χ1n) is 10.9. The van der Waals surface area contributed by atoms with Gasteiger partial charge in [-0.15, -0.1) is 0 Å². The molecule has 1 aliphatic rings. The van der Waals surface area contributed by atoms with Crippen molar-refractivity contribution in [3.8, 4) is 28.0 Å². The van der Waals surface area contributed by atoms with Gasteiger partial charge in [0.1, 0.15) is 5.75 Å². The summed E-state index contributed by atoms with van der Waals surface area (Å²) in [5.74, 6) is 0.118. The van der Waals surface area contributed by atoms with Crippen LogP contribution >= 0.6 is 23.2 Å². The quantitative estimate of drug-likeness (QED) is 0.389. The van der Waals surface area contributed by atoms with Gasteiger partial charge in [0.2, 0.25) is 0 Å². The molecule has 1 aromatic heterocycles. The third-order valence-electron chi connectivity index (χ3n) is 5.79. The van der Waals surface area contributed by atoms with Crippen molar-refractivity contribution in [2.24, 2.45) is 0 Å². The number of ether oxygens (including phenoxy) is 1. The Hall–Kier alpha value is -2.41. The van der Waals surface area contributed by atoms with Gasteiger partial charge in [0, 0.05) is 52.7 Å². The minimum atomic E-state index is -2.86. The third-order valence-corrected chi connectivity index (χ3v) is 6.22. The summed E-state index contributed by atoms with van der Waals surface area (Å²) in [5, 5.41) is 4.64. The summed E-state index contributed by atoms with van der Waals surface area (Å²) in [6.45, 7) is 1.97. The van der Waals surface area contributed by atoms with E-state index in [2.05, 4.69) is 26.9 Å². The smallest absolute Gasteiger partial charge is 0.387 e. The number of nitrogens with one attached hydrogen (secondary N) is 1. The zero-order valence-corrected chi connectivity index (χ0v) is 19.7. The molecule has 33 heavy (non-hydrogen) atoms. The number of nitrogens with zero attached hydrogens (tertiary/aromatic N) is 2. The fraction of sp³-hybridized carbons (Fsp3) is 0.320. The molecule has 1 fully saturated rings. The normalized spacial score (nSPS) is 14.7. The number of pyridine rings is 1. The van der Waals surface area contributed by atoms with Gasteiger partial charge in [-0.05, 0) is 60.8 Å². The molecule has 4 rings (SSSR count). The maximum atomic E-state index is 12.6. The lowest BCUT2D eigenvalue weighted by Gasteiger charge is -2.36. The SMILES string of the molecule is CCNC1CCN(c2c(-c3ccc(OC(F)F)cc3)cncc2-c2cc(Cl)cc(Cl)c2)CC1. The predicted octanol–water partition coefficient (Wildman–Crippen LogP) is 6.90. The van der Waals surface area contributed by atoms with Gasteiger partial charge in [0.15, 0.2) is 0 Å². The van der Waals surface area contributed by atoms with Crippen LogP contribution in [0.3, 0.4) is 0 Å². The molecule has 0 aliphatic carbocycles. The van der Waals surface area contributed by atoms with Gasteiger partial charge in [-0.3, -0.25) is 4.98 Å². The highest BCUT2D eigenvalue weighted by molar-refractivity contribution is 6.35. The molecule has 1 N–H and O–H groups in total. The summed E-state index contributed by atoms with van der Waals surface area (Å²) >= 11 is 12.6. The number of hydrogen-bond donors (Lipinski definition) is 1. The van der Waals surface area contributed by atoms with Crippen molar-refractivity contribution in [2.45, 2.75) is 32.4 Å². The lowest BCUT2D eigenvalue weighted by atomic mass is 9.95. The molecule has 2 heterocycles. The average Bonchev–Trinajstić information content (AvgIpc) is 2.79. The van der Waals surface area contributed by atoms with E-state index in [0.29, 0.717) is 16.1 Å². The van der Waals surface area contributed by atoms with E-state index >= 15 is 0 Å². The molecule has 2 aromatic carbocycles. The summed E-state index contributed by atoms with van der Waals surface area (Å²) in [6.07, 6.45) is 5.68. The van der Waals surface area contributed by atoms with Gasteiger partial charge in [-0.2, -0.15) is 8.78 Å². The fourth-order valence-corrected chi connectivity index (χ4v) is 4.86. The number of piperidine rings is 1. The van der Waals surface area contributed by atoms with Crippen LogP contribution < -0.4 is 15.0 Å². The molecular formula is C25H25Cl2F2N3O. The molecule has 1 saturated heterocycles. The van der Waals surface area contributed by atoms with Crippen molar-refractivity contribution in [3.05, 3.63) is 64.9 Å². The zero-order chi connectivity index (χ0) is 23.4. The number of halogens is 4. The second-order valence-corrected chi connectivity index (χ2v) is 8.84. The number of benzene rings is 2. The topological polar surface area (TPSA) is 37.4 Å². The van der Waals surface area contributed by atoms with Crippen molar-refractivity contribution in [2.75, 3.05) is 24.5 Å². The van der Waals surface area contributed by atoms with E-state index in [0.717, 1.165) is 60.4 Å². The monoisotopic (exact) mass is 491 g/mol. The van der Waals surface area contributed by atoms with Gasteiger partial charge in [-0.25, -0.2) is 0 Å². The van der Waals surface area contributed by atoms with Crippen molar-refractivity contribution < 1.29 is 13.5 Å². The van der Waals surface area contributed by atoms with Gasteiger partial charge >= 0.3 is 6.61 Å². The van der Waals surface area contributed by atoms with Crippen LogP contribution in [0.4, 0.5) is 14.5 Å². The Labute approximate surface area is 202 Å². The zero-order valence-electron chi connectivity index (χ0n) is 18.2. The predicted molar refractivity (Wildman–Crippen MR) is 131 cm³/mol. The summed E-state index contributed by atoms with van der Waals surface area (Å²) in [6, 6.07) is 12.6. The number of hydrogen-bond acceptors (Lipinski definition) is 4. The van der Waals surface area contributed by atoms with E-state index in [9.17, 15) is 8.78 Å². The first-order chi connectivity index (χ1) is 15.9. The van der Waals surface area contributed by atoms with E-state index in [1.54, 1.807) is 30.3 Å². The first-order valence-corrected chi connectivity index (χ1v) is 11.7. The molecule has 1 aliphatic heterocycles. The van der Waals surface area contributed by atoms with Crippen LogP contribution in [0.15, 0.2) is 54.9 Å². The third kappa shape index (κ3) is 5.75. The van der Waals surface area contributed by atoms with Crippen LogP contribution in [0, 0.1) is 0 Å². The van der Waals surface area contributed by atoms with E-state index in [1.807, 2.05) is 24.5 Å². The highest BCUT2D eigenvalue weighted by Crippen LogP contribution is 2.41. The van der Waals surface area contributed by atoms with Gasteiger partial charge in [0.25, 0.3) is 0 Å². The Bertz CT molecular complexity index is 1070. The van der Waals surface area contributed by atoms with Crippen LogP contribution in [-0.4, -0.2) is 37.3 Å². The Balaban J connectivity index is 1.78. The van der Waals surface area contributed by atoms with Gasteiger partial charge in [0.05, 0.1) is 5.69 Å². The second-order valence-electron chi connectivity index (χ2n) is 7.96. The summed E-state index contributed by atoms with van der Waals surface area (Å²) in [4.78, 5) is 6.85. The van der Waals surface area contributed by atoms with Crippen LogP contribution in [0.5, 0.6) is 5.75 Å². The average molecular weight is 492 g/mol. The molecule has 0 radical (unpaired) electrons. The molecule has 0 spiro atoms. The van der Waals surface area contributed by atoms with Crippen molar-refractivity contribution in [1.82, 2.24) is 10.3 Å². The Morgan fingerprint density at radius 3 is 2.18 bits per heavy atom. The Morgan fingerprint density at radius 1 is 1.00 bits per heavy atom. The standard InChI is InChI=1S/C25H25Cl2F2N3O/c1-2-31-20-7-9-32(10-8-20)24-22(16-3-5-21(6-4-16)33-25(28)29)14-30-15-23(24)17-11-18(26)13-19(27)12-17/h3-6,11-15,20,25,31H,2,7-10H2,1H3. The number of anilines is 1. The van der Waals surface area contributed by atoms with E-state index in [-0.39, 0.29) is 5.75 Å². The van der Waals surface area contributed by atoms with Crippen LogP contribution in [-0.2, 0) is 0 Å². The van der Waals surface area contributed by atoms with E-state index in [4.69, 9.17) is 23.2 Å². The van der Waals surface area contributed by atoms with Crippen LogP contribution in [0.1, 0.15) is 19.8 Å². The molecule has 0 saturated carbocycles. The Morgan fingerprint density at radius 2 is 1.61 bits per heavy atom. The van der Waals surface area contributed by atoms with E-state index in [1.165, 1.54) is 0 Å². The second kappa shape index (κ2) is 10.7. The van der Waals surface area contributed by atoms with Crippen LogP contribution in [0.25, 0.3) is 22.3 Å². The molecule has 3 aromatic rings. The maximum Gasteiger partial charge on any atom is 0.387 e. The van der Waals surface area contributed by atoms with Crippen molar-refractivity contribution >= 4 is 28.9 Å². The molecule has 4 nitrogen and oxygen atoms in total. The first kappa shape index (κ1) is 23.7. The van der Waals surface area contributed by atoms with Gasteiger partial charge < -0.3 is 15.0 Å². The highest BCUT2D eigenvalue weighted by Gasteiger charge is 2.24. The lowest BCUT2D eigenvalue weighted by Crippen LogP contribution is -2.42. The summed E-state index contributed by atoms with van der Waals surface area (Å²) in [7, 11) is 0. The highest BCUT2D eigenvalue weighted by atomic mass is 35.5. The molecular weight excluding hydrogens is 467 g/mol. The number of rotatable bonds is 7. The number of aromatic nitrogens is 1. The Kier molecular flexibility index (Phi) is 7.68. The van der Waals surface area contributed by atoms with Gasteiger partial charge in [-0.1, -0.05) is 42.3 Å². The molecule has 0 amide bonds. The molecule has 0 unspecified atom stereocenters. The fourth-order valence-electron chi connectivity index (χ4n) is 4.34. The molecule has 8 heteroatoms.